The van der Waals surface area contributed by atoms with Crippen LogP contribution in [0.15, 0.2) is 125 Å². The predicted molar refractivity (Wildman–Crippen MR) is 202 cm³/mol. The minimum Gasteiger partial charge on any atom is -0.508 e. The lowest BCUT2D eigenvalue weighted by Gasteiger charge is -2.17. The molecule has 0 aromatic heterocycles. The van der Waals surface area contributed by atoms with Gasteiger partial charge in [-0.2, -0.15) is 16.8 Å². The molecule has 0 fully saturated rings. The van der Waals surface area contributed by atoms with E-state index < -0.39 is 46.3 Å². The lowest BCUT2D eigenvalue weighted by atomic mass is 9.93. The van der Waals surface area contributed by atoms with E-state index in [4.69, 9.17) is 44.4 Å². The number of rotatable bonds is 4. The number of halogens is 2. The maximum atomic E-state index is 12.0. The molecule has 4 aromatic carbocycles. The molecule has 1 aliphatic carbocycles. The standard InChI is InChI=1S/C19H11BrO6S.C7H5BrO4S.C6H6O2.2O3S/c20-10-1-4-15(18(7-10)27(23,24)25)19-13-5-2-11(21)8-16(13)26-17-9-12(22)3-6-14(17)19;8-6-2-1-5(4-9)7(3-6)13(10,11)12;7-5-2-1-3-6(8)4-5;2*1-4(2)3/h1-9,21H,(H,23,24,25);1-4H,(H,10,11,12);1-4,7-8H;;. The molecule has 2 aliphatic rings. The average molecular weight is 983 g/mol. The second-order valence-electron chi connectivity index (χ2n) is 10.1. The molecule has 0 saturated carbocycles. The van der Waals surface area contributed by atoms with Gasteiger partial charge in [-0.15, -0.1) is 25.3 Å². The van der Waals surface area contributed by atoms with Crippen LogP contribution in [-0.2, 0) is 41.5 Å². The smallest absolute Gasteiger partial charge is 0.425 e. The highest BCUT2D eigenvalue weighted by atomic mass is 79.9. The number of aldehydes is 1. The van der Waals surface area contributed by atoms with Crippen LogP contribution in [0.5, 0.6) is 17.2 Å². The minimum atomic E-state index is -4.53. The van der Waals surface area contributed by atoms with Crippen LogP contribution in [0.3, 0.4) is 0 Å². The molecular formula is C32H22Br2O18S4. The van der Waals surface area contributed by atoms with E-state index in [9.17, 15) is 36.1 Å². The third-order valence-electron chi connectivity index (χ3n) is 6.38. The van der Waals surface area contributed by atoms with Gasteiger partial charge in [0, 0.05) is 54.8 Å². The molecule has 56 heavy (non-hydrogen) atoms. The molecular weight excluding hydrogens is 960 g/mol. The number of carbonyl (C=O) groups is 1. The predicted octanol–water partition coefficient (Wildman–Crippen LogP) is 4.88. The quantitative estimate of drug-likeness (QED) is 0.0893. The first-order valence-electron chi connectivity index (χ1n) is 14.1. The van der Waals surface area contributed by atoms with Crippen molar-refractivity contribution in [2.24, 2.45) is 0 Å². The van der Waals surface area contributed by atoms with Crippen molar-refractivity contribution in [2.75, 3.05) is 0 Å². The zero-order valence-electron chi connectivity index (χ0n) is 27.2. The normalized spacial score (nSPS) is 10.5. The van der Waals surface area contributed by atoms with Crippen molar-refractivity contribution in [3.05, 3.63) is 122 Å². The highest BCUT2D eigenvalue weighted by Gasteiger charge is 2.24. The highest BCUT2D eigenvalue weighted by molar-refractivity contribution is 9.10. The number of fused-ring (bicyclic) bond motifs is 2. The third kappa shape index (κ3) is 14.7. The first kappa shape index (κ1) is 46.8. The van der Waals surface area contributed by atoms with Crippen LogP contribution in [0.25, 0.3) is 33.4 Å². The molecule has 6 rings (SSSR count). The molecule has 0 radical (unpaired) electrons. The van der Waals surface area contributed by atoms with Gasteiger partial charge in [0.15, 0.2) is 11.7 Å². The van der Waals surface area contributed by atoms with E-state index in [1.54, 1.807) is 30.3 Å². The van der Waals surface area contributed by atoms with Gasteiger partial charge in [0.05, 0.1) is 0 Å². The van der Waals surface area contributed by atoms with Crippen molar-refractivity contribution in [3.63, 3.8) is 0 Å². The molecule has 0 atom stereocenters. The Bertz CT molecular complexity index is 2820. The van der Waals surface area contributed by atoms with Crippen molar-refractivity contribution >= 4 is 90.6 Å². The molecule has 5 N–H and O–H groups in total. The maximum absolute atomic E-state index is 12.0. The van der Waals surface area contributed by atoms with Gasteiger partial charge in [-0.3, -0.25) is 18.7 Å². The number of phenols is 3. The van der Waals surface area contributed by atoms with Crippen molar-refractivity contribution in [1.29, 1.82) is 0 Å². The summed E-state index contributed by atoms with van der Waals surface area (Å²) in [5.74, 6) is 0.371. The van der Waals surface area contributed by atoms with E-state index in [-0.39, 0.29) is 50.0 Å². The van der Waals surface area contributed by atoms with Gasteiger partial charge >= 0.3 is 21.2 Å². The van der Waals surface area contributed by atoms with E-state index in [1.165, 1.54) is 66.7 Å². The topological polar surface area (TPSA) is 319 Å². The van der Waals surface area contributed by atoms with Crippen molar-refractivity contribution in [3.8, 4) is 39.7 Å². The Labute approximate surface area is 335 Å². The molecule has 1 heterocycles. The Morgan fingerprint density at radius 1 is 0.589 bits per heavy atom. The van der Waals surface area contributed by atoms with E-state index in [1.807, 2.05) is 0 Å². The Morgan fingerprint density at radius 2 is 1.07 bits per heavy atom. The van der Waals surface area contributed by atoms with Gasteiger partial charge in [-0.1, -0.05) is 44.0 Å². The van der Waals surface area contributed by atoms with Crippen LogP contribution < -0.4 is 5.43 Å². The monoisotopic (exact) mass is 980 g/mol. The average Bonchev–Trinajstić information content (AvgIpc) is 3.06. The van der Waals surface area contributed by atoms with Crippen molar-refractivity contribution in [2.45, 2.75) is 9.79 Å². The maximum Gasteiger partial charge on any atom is 0.425 e. The number of hydrogen-bond donors (Lipinski definition) is 5. The fourth-order valence-corrected chi connectivity index (χ4v) is 6.83. The summed E-state index contributed by atoms with van der Waals surface area (Å²) in [6.07, 6.45) is 0.371. The van der Waals surface area contributed by atoms with E-state index in [2.05, 4.69) is 31.9 Å². The SMILES string of the molecule is O=Cc1ccc(Br)cc1S(=O)(=O)O.O=S(=O)=O.O=S(=O)=O.O=c1ccc2c(-c3ccc(Br)cc3S(=O)(=O)O)c3ccc(O)cc3oc-2c1.Oc1cccc(O)c1. The lowest BCUT2D eigenvalue weighted by molar-refractivity contribution is 0.112. The molecule has 0 amide bonds. The summed E-state index contributed by atoms with van der Waals surface area (Å²) in [5, 5.41) is 27.6. The Hall–Kier alpha value is -5.34. The number of carbonyl (C=O) groups excluding carboxylic acids is 1. The van der Waals surface area contributed by atoms with Gasteiger partial charge in [0.2, 0.25) is 0 Å². The summed E-state index contributed by atoms with van der Waals surface area (Å²) in [5.41, 5.74) is 1.14. The molecule has 4 aromatic rings. The Balaban J connectivity index is 0.000000308. The third-order valence-corrected chi connectivity index (χ3v) is 9.17. The number of benzene rings is 5. The lowest BCUT2D eigenvalue weighted by Crippen LogP contribution is -2.04. The Kier molecular flexibility index (Phi) is 17.2. The van der Waals surface area contributed by atoms with Crippen LogP contribution in [0.2, 0.25) is 0 Å². The van der Waals surface area contributed by atoms with Gasteiger partial charge in [-0.25, -0.2) is 0 Å². The summed E-state index contributed by atoms with van der Waals surface area (Å²) < 4.78 is 121. The first-order chi connectivity index (χ1) is 25.9. The van der Waals surface area contributed by atoms with Crippen molar-refractivity contribution < 1.29 is 75.7 Å². The van der Waals surface area contributed by atoms with E-state index in [0.29, 0.717) is 31.7 Å². The van der Waals surface area contributed by atoms with E-state index >= 15 is 0 Å². The zero-order chi connectivity index (χ0) is 42.5. The molecule has 296 valence electrons. The minimum absolute atomic E-state index is 0.0411. The summed E-state index contributed by atoms with van der Waals surface area (Å²) in [7, 11) is -15.1. The number of hydrogen-bond acceptors (Lipinski definition) is 16. The second kappa shape index (κ2) is 20.5. The summed E-state index contributed by atoms with van der Waals surface area (Å²) >= 11 is 6.24. The zero-order valence-corrected chi connectivity index (χ0v) is 33.7. The van der Waals surface area contributed by atoms with E-state index in [0.717, 1.165) is 0 Å². The fourth-order valence-electron chi connectivity index (χ4n) is 4.39. The van der Waals surface area contributed by atoms with Gasteiger partial charge in [0.1, 0.15) is 38.4 Å². The number of aromatic hydroxyl groups is 3. The van der Waals surface area contributed by atoms with Crippen LogP contribution >= 0.6 is 31.9 Å². The molecule has 18 nitrogen and oxygen atoms in total. The Morgan fingerprint density at radius 3 is 1.55 bits per heavy atom. The highest BCUT2D eigenvalue weighted by Crippen LogP contribution is 2.43. The largest absolute Gasteiger partial charge is 0.508 e. The van der Waals surface area contributed by atoms with Crippen LogP contribution in [0, 0.1) is 0 Å². The molecule has 0 saturated heterocycles. The number of phenolic OH excluding ortho intramolecular Hbond substituents is 3. The van der Waals surface area contributed by atoms with Gasteiger partial charge in [-0.05, 0) is 66.7 Å². The summed E-state index contributed by atoms with van der Waals surface area (Å²) in [4.78, 5) is 21.5. The second-order valence-corrected chi connectivity index (χ2v) is 15.6. The molecule has 24 heteroatoms. The molecule has 1 aliphatic heterocycles. The summed E-state index contributed by atoms with van der Waals surface area (Å²) in [6.45, 7) is 0. The molecule has 0 spiro atoms. The first-order valence-corrected chi connectivity index (χ1v) is 20.6. The molecule has 0 bridgehead atoms. The van der Waals surface area contributed by atoms with Crippen LogP contribution in [0.1, 0.15) is 10.4 Å². The van der Waals surface area contributed by atoms with Gasteiger partial charge in [0.25, 0.3) is 20.2 Å². The fraction of sp³-hybridized carbons (Fsp3) is 0. The van der Waals surface area contributed by atoms with Gasteiger partial charge < -0.3 is 19.7 Å². The summed E-state index contributed by atoms with van der Waals surface area (Å²) in [6, 6.07) is 22.9. The van der Waals surface area contributed by atoms with Crippen LogP contribution in [0.4, 0.5) is 0 Å². The van der Waals surface area contributed by atoms with Crippen LogP contribution in [-0.4, -0.2) is 72.8 Å². The molecule has 0 unspecified atom stereocenters. The van der Waals surface area contributed by atoms with Crippen molar-refractivity contribution in [1.82, 2.24) is 0 Å².